The first-order chi connectivity index (χ1) is 7.74. The maximum absolute atomic E-state index is 4.59. The molecule has 0 N–H and O–H groups in total. The van der Waals surface area contributed by atoms with Crippen LogP contribution < -0.4 is 0 Å². The maximum atomic E-state index is 4.59. The Kier molecular flexibility index (Phi) is 2.32. The van der Waals surface area contributed by atoms with Gasteiger partial charge in [0.05, 0.1) is 16.2 Å². The monoisotopic (exact) mass is 277 g/mol. The van der Waals surface area contributed by atoms with Crippen LogP contribution in [0.1, 0.15) is 24.6 Å². The lowest BCUT2D eigenvalue weighted by Gasteiger charge is -1.98. The third-order valence-corrected chi connectivity index (χ3v) is 3.32. The molecule has 2 heterocycles. The van der Waals surface area contributed by atoms with Crippen LogP contribution >= 0.6 is 15.9 Å². The molecule has 0 aromatic carbocycles. The molecule has 1 aliphatic rings. The number of pyridine rings is 1. The standard InChI is InChI=1S/C12H12BrN3/c1-8-3-2-4-11(14-8)12-10(13)7-16(15-12)9-5-6-9/h2-4,7,9H,5-6H2,1H3. The van der Waals surface area contributed by atoms with Gasteiger partial charge in [0.2, 0.25) is 0 Å². The van der Waals surface area contributed by atoms with Crippen molar-refractivity contribution in [2.75, 3.05) is 0 Å². The molecule has 0 amide bonds. The molecule has 0 radical (unpaired) electrons. The highest BCUT2D eigenvalue weighted by molar-refractivity contribution is 9.10. The van der Waals surface area contributed by atoms with E-state index in [0.29, 0.717) is 6.04 Å². The summed E-state index contributed by atoms with van der Waals surface area (Å²) < 4.78 is 3.07. The third kappa shape index (κ3) is 1.78. The van der Waals surface area contributed by atoms with Crippen molar-refractivity contribution in [3.63, 3.8) is 0 Å². The maximum Gasteiger partial charge on any atom is 0.125 e. The fourth-order valence-corrected chi connectivity index (χ4v) is 2.24. The average molecular weight is 278 g/mol. The van der Waals surface area contributed by atoms with Crippen molar-refractivity contribution in [2.24, 2.45) is 0 Å². The second-order valence-corrected chi connectivity index (χ2v) is 5.06. The zero-order valence-electron chi connectivity index (χ0n) is 9.02. The summed E-state index contributed by atoms with van der Waals surface area (Å²) in [7, 11) is 0. The molecule has 16 heavy (non-hydrogen) atoms. The smallest absolute Gasteiger partial charge is 0.125 e. The van der Waals surface area contributed by atoms with Gasteiger partial charge in [0.25, 0.3) is 0 Å². The molecule has 1 fully saturated rings. The van der Waals surface area contributed by atoms with E-state index in [1.807, 2.05) is 29.8 Å². The van der Waals surface area contributed by atoms with Crippen LogP contribution in [0.2, 0.25) is 0 Å². The molecule has 82 valence electrons. The normalized spacial score (nSPS) is 15.4. The molecule has 1 saturated carbocycles. The quantitative estimate of drug-likeness (QED) is 0.843. The van der Waals surface area contributed by atoms with Crippen LogP contribution in [0.15, 0.2) is 28.9 Å². The van der Waals surface area contributed by atoms with Crippen LogP contribution in [0.4, 0.5) is 0 Å². The Morgan fingerprint density at radius 1 is 1.38 bits per heavy atom. The Balaban J connectivity index is 2.04. The van der Waals surface area contributed by atoms with Crippen LogP contribution in [0.3, 0.4) is 0 Å². The van der Waals surface area contributed by atoms with E-state index < -0.39 is 0 Å². The fourth-order valence-electron chi connectivity index (χ4n) is 1.74. The molecule has 0 aliphatic heterocycles. The van der Waals surface area contributed by atoms with E-state index in [1.165, 1.54) is 12.8 Å². The van der Waals surface area contributed by atoms with Crippen LogP contribution in [0.5, 0.6) is 0 Å². The Labute approximate surface area is 103 Å². The molecule has 0 spiro atoms. The number of nitrogens with zero attached hydrogens (tertiary/aromatic N) is 3. The summed E-state index contributed by atoms with van der Waals surface area (Å²) in [4.78, 5) is 4.49. The number of halogens is 1. The lowest BCUT2D eigenvalue weighted by Crippen LogP contribution is -1.94. The molecule has 2 aromatic rings. The van der Waals surface area contributed by atoms with Crippen LogP contribution in [-0.2, 0) is 0 Å². The lowest BCUT2D eigenvalue weighted by molar-refractivity contribution is 0.643. The summed E-state index contributed by atoms with van der Waals surface area (Å²) in [5, 5.41) is 4.59. The highest BCUT2D eigenvalue weighted by Crippen LogP contribution is 2.37. The zero-order valence-corrected chi connectivity index (χ0v) is 10.6. The van der Waals surface area contributed by atoms with E-state index in [-0.39, 0.29) is 0 Å². The number of hydrogen-bond acceptors (Lipinski definition) is 2. The number of rotatable bonds is 2. The van der Waals surface area contributed by atoms with Crippen LogP contribution in [0, 0.1) is 6.92 Å². The van der Waals surface area contributed by atoms with Gasteiger partial charge >= 0.3 is 0 Å². The zero-order chi connectivity index (χ0) is 11.1. The molecule has 2 aromatic heterocycles. The number of aryl methyl sites for hydroxylation is 1. The van der Waals surface area contributed by atoms with Crippen molar-refractivity contribution in [2.45, 2.75) is 25.8 Å². The molecule has 0 saturated heterocycles. The Bertz CT molecular complexity index is 529. The summed E-state index contributed by atoms with van der Waals surface area (Å²) in [5.41, 5.74) is 2.90. The highest BCUT2D eigenvalue weighted by atomic mass is 79.9. The van der Waals surface area contributed by atoms with Gasteiger partial charge in [-0.3, -0.25) is 9.67 Å². The first-order valence-corrected chi connectivity index (χ1v) is 6.22. The van der Waals surface area contributed by atoms with E-state index in [2.05, 4.69) is 32.2 Å². The molecule has 1 aliphatic carbocycles. The van der Waals surface area contributed by atoms with Crippen LogP contribution in [-0.4, -0.2) is 14.8 Å². The molecule has 3 nitrogen and oxygen atoms in total. The third-order valence-electron chi connectivity index (χ3n) is 2.74. The molecular formula is C12H12BrN3. The largest absolute Gasteiger partial charge is 0.268 e. The lowest BCUT2D eigenvalue weighted by atomic mass is 10.2. The van der Waals surface area contributed by atoms with Gasteiger partial charge in [0.15, 0.2) is 0 Å². The van der Waals surface area contributed by atoms with Crippen molar-refractivity contribution in [3.05, 3.63) is 34.6 Å². The Morgan fingerprint density at radius 3 is 2.88 bits per heavy atom. The van der Waals surface area contributed by atoms with E-state index in [0.717, 1.165) is 21.6 Å². The van der Waals surface area contributed by atoms with Gasteiger partial charge in [0, 0.05) is 11.9 Å². The number of hydrogen-bond donors (Lipinski definition) is 0. The predicted molar refractivity (Wildman–Crippen MR) is 66.2 cm³/mol. The molecule has 0 unspecified atom stereocenters. The van der Waals surface area contributed by atoms with Gasteiger partial charge < -0.3 is 0 Å². The highest BCUT2D eigenvalue weighted by Gasteiger charge is 2.25. The van der Waals surface area contributed by atoms with E-state index in [1.54, 1.807) is 0 Å². The fraction of sp³-hybridized carbons (Fsp3) is 0.333. The first kappa shape index (κ1) is 10.0. The van der Waals surface area contributed by atoms with Crippen molar-refractivity contribution >= 4 is 15.9 Å². The summed E-state index contributed by atoms with van der Waals surface area (Å²) >= 11 is 3.55. The van der Waals surface area contributed by atoms with Gasteiger partial charge in [-0.05, 0) is 47.8 Å². The minimum Gasteiger partial charge on any atom is -0.268 e. The van der Waals surface area contributed by atoms with Gasteiger partial charge in [-0.1, -0.05) is 6.07 Å². The summed E-state index contributed by atoms with van der Waals surface area (Å²) in [5.74, 6) is 0. The average Bonchev–Trinajstić information content (AvgIpc) is 3.02. The van der Waals surface area contributed by atoms with Crippen LogP contribution in [0.25, 0.3) is 11.4 Å². The minimum atomic E-state index is 0.606. The van der Waals surface area contributed by atoms with Crippen molar-refractivity contribution in [1.82, 2.24) is 14.8 Å². The van der Waals surface area contributed by atoms with Crippen molar-refractivity contribution < 1.29 is 0 Å². The van der Waals surface area contributed by atoms with Gasteiger partial charge in [-0.2, -0.15) is 5.10 Å². The first-order valence-electron chi connectivity index (χ1n) is 5.43. The minimum absolute atomic E-state index is 0.606. The van der Waals surface area contributed by atoms with Crippen molar-refractivity contribution in [3.8, 4) is 11.4 Å². The molecular weight excluding hydrogens is 266 g/mol. The van der Waals surface area contributed by atoms with Gasteiger partial charge in [-0.15, -0.1) is 0 Å². The number of aromatic nitrogens is 3. The van der Waals surface area contributed by atoms with E-state index in [9.17, 15) is 0 Å². The second kappa shape index (κ2) is 3.70. The predicted octanol–water partition coefficient (Wildman–Crippen LogP) is 3.35. The van der Waals surface area contributed by atoms with Gasteiger partial charge in [0.1, 0.15) is 5.69 Å². The summed E-state index contributed by atoms with van der Waals surface area (Å²) in [6.45, 7) is 2.00. The Hall–Kier alpha value is -1.16. The van der Waals surface area contributed by atoms with Crippen molar-refractivity contribution in [1.29, 1.82) is 0 Å². The molecule has 4 heteroatoms. The Morgan fingerprint density at radius 2 is 2.19 bits per heavy atom. The molecule has 0 atom stereocenters. The molecule has 0 bridgehead atoms. The second-order valence-electron chi connectivity index (χ2n) is 4.20. The van der Waals surface area contributed by atoms with Gasteiger partial charge in [-0.25, -0.2) is 0 Å². The van der Waals surface area contributed by atoms with E-state index in [4.69, 9.17) is 0 Å². The summed E-state index contributed by atoms with van der Waals surface area (Å²) in [6.07, 6.45) is 4.54. The van der Waals surface area contributed by atoms with E-state index >= 15 is 0 Å². The molecule has 3 rings (SSSR count). The summed E-state index contributed by atoms with van der Waals surface area (Å²) in [6, 6.07) is 6.61. The SMILES string of the molecule is Cc1cccc(-c2nn(C3CC3)cc2Br)n1. The topological polar surface area (TPSA) is 30.7 Å².